The molecule has 4 amide bonds. The van der Waals surface area contributed by atoms with E-state index in [1.54, 1.807) is 24.3 Å². The molecular formula is C26H33N5O8. The van der Waals surface area contributed by atoms with Gasteiger partial charge in [-0.05, 0) is 36.6 Å². The van der Waals surface area contributed by atoms with Crippen LogP contribution in [0, 0.1) is 0 Å². The van der Waals surface area contributed by atoms with Crippen LogP contribution in [-0.2, 0) is 36.8 Å². The van der Waals surface area contributed by atoms with Gasteiger partial charge in [0.2, 0.25) is 23.6 Å². The summed E-state index contributed by atoms with van der Waals surface area (Å²) < 4.78 is 0. The number of aliphatic hydroxyl groups is 1. The van der Waals surface area contributed by atoms with Crippen molar-refractivity contribution in [1.82, 2.24) is 16.0 Å². The Balaban J connectivity index is 2.24. The third-order valence-electron chi connectivity index (χ3n) is 5.73. The molecule has 0 saturated heterocycles. The Labute approximate surface area is 224 Å². The maximum atomic E-state index is 13.3. The number of amides is 4. The summed E-state index contributed by atoms with van der Waals surface area (Å²) in [6.07, 6.45) is -2.06. The lowest BCUT2D eigenvalue weighted by Crippen LogP contribution is -2.59. The lowest BCUT2D eigenvalue weighted by molar-refractivity contribution is -0.145. The molecule has 0 aliphatic heterocycles. The Bertz CT molecular complexity index is 1160. The Hall–Kier alpha value is -4.49. The van der Waals surface area contributed by atoms with E-state index in [1.165, 1.54) is 24.3 Å². The molecule has 0 bridgehead atoms. The highest BCUT2D eigenvalue weighted by Crippen LogP contribution is 2.12. The van der Waals surface area contributed by atoms with Crippen molar-refractivity contribution in [2.75, 3.05) is 0 Å². The number of rotatable bonds is 14. The maximum Gasteiger partial charge on any atom is 0.328 e. The lowest BCUT2D eigenvalue weighted by Gasteiger charge is -2.25. The molecule has 10 N–H and O–H groups in total. The summed E-state index contributed by atoms with van der Waals surface area (Å²) in [5.41, 5.74) is 12.6. The van der Waals surface area contributed by atoms with Gasteiger partial charge in [0.1, 0.15) is 17.8 Å². The number of nitrogens with two attached hydrogens (primary N) is 2. The van der Waals surface area contributed by atoms with E-state index >= 15 is 0 Å². The summed E-state index contributed by atoms with van der Waals surface area (Å²) in [6.45, 7) is 1.14. The molecule has 0 aliphatic carbocycles. The minimum Gasteiger partial charge on any atom is -0.508 e. The minimum atomic E-state index is -1.71. The van der Waals surface area contributed by atoms with Crippen molar-refractivity contribution in [3.8, 4) is 5.75 Å². The molecule has 0 fully saturated rings. The maximum absolute atomic E-state index is 13.3. The summed E-state index contributed by atoms with van der Waals surface area (Å²) in [6, 6.07) is 9.18. The van der Waals surface area contributed by atoms with Crippen LogP contribution in [0.3, 0.4) is 0 Å². The number of hydrogen-bond acceptors (Lipinski definition) is 8. The predicted molar refractivity (Wildman–Crippen MR) is 139 cm³/mol. The third kappa shape index (κ3) is 10.1. The summed E-state index contributed by atoms with van der Waals surface area (Å²) in [5, 5.41) is 35.4. The van der Waals surface area contributed by atoms with Crippen LogP contribution in [0.5, 0.6) is 5.75 Å². The van der Waals surface area contributed by atoms with E-state index in [4.69, 9.17) is 11.5 Å². The van der Waals surface area contributed by atoms with Gasteiger partial charge in [-0.1, -0.05) is 42.5 Å². The van der Waals surface area contributed by atoms with Crippen molar-refractivity contribution < 1.29 is 39.3 Å². The molecule has 210 valence electrons. The molecular weight excluding hydrogens is 510 g/mol. The van der Waals surface area contributed by atoms with Crippen LogP contribution in [0.15, 0.2) is 54.6 Å². The number of carboxylic acids is 1. The first-order valence-corrected chi connectivity index (χ1v) is 12.0. The van der Waals surface area contributed by atoms with Crippen molar-refractivity contribution in [1.29, 1.82) is 0 Å². The van der Waals surface area contributed by atoms with Gasteiger partial charge in [-0.2, -0.15) is 0 Å². The third-order valence-corrected chi connectivity index (χ3v) is 5.73. The first kappa shape index (κ1) is 30.7. The van der Waals surface area contributed by atoms with Crippen molar-refractivity contribution in [3.63, 3.8) is 0 Å². The predicted octanol–water partition coefficient (Wildman–Crippen LogP) is -1.70. The van der Waals surface area contributed by atoms with E-state index in [9.17, 15) is 39.3 Å². The van der Waals surface area contributed by atoms with Crippen LogP contribution in [0.4, 0.5) is 0 Å². The average molecular weight is 544 g/mol. The van der Waals surface area contributed by atoms with Crippen molar-refractivity contribution in [3.05, 3.63) is 65.7 Å². The Kier molecular flexibility index (Phi) is 11.4. The minimum absolute atomic E-state index is 0.0158. The van der Waals surface area contributed by atoms with Gasteiger partial charge in [0, 0.05) is 6.42 Å². The van der Waals surface area contributed by atoms with Crippen molar-refractivity contribution in [2.24, 2.45) is 11.5 Å². The topological polar surface area (TPSA) is 234 Å². The van der Waals surface area contributed by atoms with Gasteiger partial charge in [0.25, 0.3) is 0 Å². The zero-order chi connectivity index (χ0) is 29.1. The monoisotopic (exact) mass is 543 g/mol. The largest absolute Gasteiger partial charge is 0.508 e. The Morgan fingerprint density at radius 1 is 0.795 bits per heavy atom. The second-order valence-electron chi connectivity index (χ2n) is 9.02. The van der Waals surface area contributed by atoms with Crippen molar-refractivity contribution >= 4 is 29.6 Å². The molecule has 13 nitrogen and oxygen atoms in total. The van der Waals surface area contributed by atoms with Crippen LogP contribution < -0.4 is 27.4 Å². The normalized spacial score (nSPS) is 14.6. The zero-order valence-corrected chi connectivity index (χ0v) is 21.2. The van der Waals surface area contributed by atoms with Gasteiger partial charge in [-0.15, -0.1) is 0 Å². The molecule has 5 unspecified atom stereocenters. The second kappa shape index (κ2) is 14.4. The van der Waals surface area contributed by atoms with Gasteiger partial charge in [0.15, 0.2) is 6.04 Å². The molecule has 39 heavy (non-hydrogen) atoms. The van der Waals surface area contributed by atoms with Crippen LogP contribution in [0.1, 0.15) is 24.5 Å². The Morgan fingerprint density at radius 2 is 1.33 bits per heavy atom. The molecule has 5 atom stereocenters. The van der Waals surface area contributed by atoms with Crippen LogP contribution in [0.25, 0.3) is 0 Å². The number of carbonyl (C=O) groups excluding carboxylic acids is 4. The van der Waals surface area contributed by atoms with E-state index in [2.05, 4.69) is 16.0 Å². The smallest absolute Gasteiger partial charge is 0.328 e. The lowest BCUT2D eigenvalue weighted by atomic mass is 10.0. The fourth-order valence-electron chi connectivity index (χ4n) is 3.64. The summed E-state index contributed by atoms with van der Waals surface area (Å²) >= 11 is 0. The number of aliphatic hydroxyl groups excluding tert-OH is 1. The van der Waals surface area contributed by atoms with E-state index in [0.29, 0.717) is 5.56 Å². The molecule has 0 aliphatic rings. The van der Waals surface area contributed by atoms with E-state index in [-0.39, 0.29) is 18.6 Å². The zero-order valence-electron chi connectivity index (χ0n) is 21.2. The van der Waals surface area contributed by atoms with E-state index < -0.39 is 66.3 Å². The summed E-state index contributed by atoms with van der Waals surface area (Å²) in [7, 11) is 0. The molecule has 0 saturated carbocycles. The number of carbonyl (C=O) groups is 5. The van der Waals surface area contributed by atoms with Gasteiger partial charge in [0.05, 0.1) is 18.6 Å². The SMILES string of the molecule is CC(O)C(NC(=O)C(CC(N)=O)NC(=O)C(Cc1ccc(O)cc1)NC(=O)C(N)Cc1ccccc1)C(=O)O. The summed E-state index contributed by atoms with van der Waals surface area (Å²) in [4.78, 5) is 61.9. The molecule has 2 aromatic rings. The molecule has 0 radical (unpaired) electrons. The number of hydrogen-bond donors (Lipinski definition) is 8. The molecule has 2 aromatic carbocycles. The van der Waals surface area contributed by atoms with Gasteiger partial charge < -0.3 is 42.7 Å². The molecule has 0 aromatic heterocycles. The van der Waals surface area contributed by atoms with Gasteiger partial charge >= 0.3 is 5.97 Å². The molecule has 0 spiro atoms. The number of nitrogens with one attached hydrogen (secondary N) is 3. The van der Waals surface area contributed by atoms with Gasteiger partial charge in [-0.3, -0.25) is 19.2 Å². The standard InChI is InChI=1S/C26H33N5O8/c1-14(32)22(26(38)39)31-25(37)20(13-21(28)34)30-24(36)19(12-16-7-9-17(33)10-8-16)29-23(35)18(27)11-15-5-3-2-4-6-15/h2-10,14,18-20,22,32-33H,11-13,27H2,1H3,(H2,28,34)(H,29,35)(H,30,36)(H,31,37)(H,38,39). The number of aromatic hydroxyl groups is 1. The number of aliphatic carboxylic acids is 1. The average Bonchev–Trinajstić information content (AvgIpc) is 2.87. The fourth-order valence-corrected chi connectivity index (χ4v) is 3.64. The quantitative estimate of drug-likeness (QED) is 0.135. The fraction of sp³-hybridized carbons (Fsp3) is 0.346. The van der Waals surface area contributed by atoms with Crippen LogP contribution in [-0.4, -0.2) is 75.2 Å². The highest BCUT2D eigenvalue weighted by molar-refractivity contribution is 5.96. The first-order valence-electron chi connectivity index (χ1n) is 12.0. The number of primary amides is 1. The van der Waals surface area contributed by atoms with Crippen LogP contribution >= 0.6 is 0 Å². The van der Waals surface area contributed by atoms with Crippen molar-refractivity contribution in [2.45, 2.75) is 56.5 Å². The summed E-state index contributed by atoms with van der Waals surface area (Å²) in [5.74, 6) is -5.14. The van der Waals surface area contributed by atoms with Gasteiger partial charge in [-0.25, -0.2) is 4.79 Å². The Morgan fingerprint density at radius 3 is 1.87 bits per heavy atom. The second-order valence-corrected chi connectivity index (χ2v) is 9.02. The molecule has 0 heterocycles. The molecule has 13 heteroatoms. The first-order chi connectivity index (χ1) is 18.4. The number of phenols is 1. The number of phenolic OH excluding ortho intramolecular Hbond substituents is 1. The molecule has 2 rings (SSSR count). The number of benzene rings is 2. The number of carboxylic acid groups (broad SMARTS) is 1. The van der Waals surface area contributed by atoms with E-state index in [0.717, 1.165) is 12.5 Å². The van der Waals surface area contributed by atoms with Crippen LogP contribution in [0.2, 0.25) is 0 Å². The highest BCUT2D eigenvalue weighted by atomic mass is 16.4. The highest BCUT2D eigenvalue weighted by Gasteiger charge is 2.32. The van der Waals surface area contributed by atoms with E-state index in [1.807, 2.05) is 6.07 Å².